The molecule has 1 aromatic rings. The highest BCUT2D eigenvalue weighted by Gasteiger charge is 2.21. The SMILES string of the molecule is O=C(CCCc1ccc(CO)c(O)c1)OC1CCC1. The Bertz CT molecular complexity index is 438. The normalized spacial score (nSPS) is 15.0. The van der Waals surface area contributed by atoms with E-state index in [1.165, 1.54) is 0 Å². The third-order valence-corrected chi connectivity index (χ3v) is 3.52. The summed E-state index contributed by atoms with van der Waals surface area (Å²) in [5, 5.41) is 18.6. The number of carbonyl (C=O) groups is 1. The highest BCUT2D eigenvalue weighted by atomic mass is 16.5. The maximum Gasteiger partial charge on any atom is 0.306 e. The van der Waals surface area contributed by atoms with Gasteiger partial charge in [-0.2, -0.15) is 0 Å². The summed E-state index contributed by atoms with van der Waals surface area (Å²) in [6, 6.07) is 5.21. The number of ether oxygens (including phenoxy) is 1. The summed E-state index contributed by atoms with van der Waals surface area (Å²) in [7, 11) is 0. The number of aromatic hydroxyl groups is 1. The van der Waals surface area contributed by atoms with E-state index in [9.17, 15) is 9.90 Å². The fraction of sp³-hybridized carbons (Fsp3) is 0.533. The number of aliphatic hydroxyl groups excluding tert-OH is 1. The molecule has 1 aliphatic carbocycles. The van der Waals surface area contributed by atoms with Crippen molar-refractivity contribution in [3.63, 3.8) is 0 Å². The predicted octanol–water partition coefficient (Wildman–Crippen LogP) is 2.30. The van der Waals surface area contributed by atoms with Crippen LogP contribution >= 0.6 is 0 Å². The van der Waals surface area contributed by atoms with Gasteiger partial charge < -0.3 is 14.9 Å². The number of aryl methyl sites for hydroxylation is 1. The molecule has 0 atom stereocenters. The van der Waals surface area contributed by atoms with Gasteiger partial charge in [0.05, 0.1) is 6.61 Å². The second-order valence-electron chi connectivity index (χ2n) is 5.02. The van der Waals surface area contributed by atoms with Crippen LogP contribution in [-0.2, 0) is 22.6 Å². The first-order chi connectivity index (χ1) is 9.19. The average Bonchev–Trinajstić information content (AvgIpc) is 2.34. The number of benzene rings is 1. The first kappa shape index (κ1) is 13.9. The van der Waals surface area contributed by atoms with Crippen molar-refractivity contribution < 1.29 is 19.7 Å². The van der Waals surface area contributed by atoms with Crippen LogP contribution in [0.15, 0.2) is 18.2 Å². The van der Waals surface area contributed by atoms with E-state index in [0.717, 1.165) is 31.2 Å². The second-order valence-corrected chi connectivity index (χ2v) is 5.02. The van der Waals surface area contributed by atoms with E-state index in [0.29, 0.717) is 18.4 Å². The lowest BCUT2D eigenvalue weighted by Gasteiger charge is -2.25. The molecule has 4 heteroatoms. The van der Waals surface area contributed by atoms with Gasteiger partial charge in [0.25, 0.3) is 0 Å². The number of rotatable bonds is 6. The molecule has 0 heterocycles. The number of hydrogen-bond donors (Lipinski definition) is 2. The van der Waals surface area contributed by atoms with Crippen LogP contribution in [0.25, 0.3) is 0 Å². The average molecular weight is 264 g/mol. The molecular formula is C15H20O4. The predicted molar refractivity (Wildman–Crippen MR) is 70.7 cm³/mol. The van der Waals surface area contributed by atoms with Gasteiger partial charge in [-0.05, 0) is 43.7 Å². The van der Waals surface area contributed by atoms with Crippen molar-refractivity contribution >= 4 is 5.97 Å². The van der Waals surface area contributed by atoms with E-state index in [1.807, 2.05) is 6.07 Å². The molecule has 1 fully saturated rings. The lowest BCUT2D eigenvalue weighted by Crippen LogP contribution is -2.24. The fourth-order valence-electron chi connectivity index (χ4n) is 2.07. The smallest absolute Gasteiger partial charge is 0.306 e. The maximum absolute atomic E-state index is 11.5. The molecule has 0 aromatic heterocycles. The van der Waals surface area contributed by atoms with Crippen molar-refractivity contribution in [2.24, 2.45) is 0 Å². The standard InChI is InChI=1S/C15H20O4/c16-10-12-8-7-11(9-14(12)17)3-1-6-15(18)19-13-4-2-5-13/h7-9,13,16-17H,1-6,10H2. The topological polar surface area (TPSA) is 66.8 Å². The minimum Gasteiger partial charge on any atom is -0.508 e. The van der Waals surface area contributed by atoms with Gasteiger partial charge in [0.15, 0.2) is 0 Å². The van der Waals surface area contributed by atoms with Crippen molar-refractivity contribution in [2.75, 3.05) is 0 Å². The molecule has 1 aromatic carbocycles. The first-order valence-corrected chi connectivity index (χ1v) is 6.80. The number of phenols is 1. The monoisotopic (exact) mass is 264 g/mol. The van der Waals surface area contributed by atoms with Gasteiger partial charge in [0.2, 0.25) is 0 Å². The Labute approximate surface area is 113 Å². The minimum atomic E-state index is -0.167. The van der Waals surface area contributed by atoms with Crippen LogP contribution in [-0.4, -0.2) is 22.3 Å². The molecule has 0 spiro atoms. The van der Waals surface area contributed by atoms with Crippen LogP contribution in [0, 0.1) is 0 Å². The van der Waals surface area contributed by atoms with Crippen molar-refractivity contribution in [1.29, 1.82) is 0 Å². The highest BCUT2D eigenvalue weighted by molar-refractivity contribution is 5.69. The Balaban J connectivity index is 1.72. The van der Waals surface area contributed by atoms with Crippen molar-refractivity contribution in [1.82, 2.24) is 0 Å². The van der Waals surface area contributed by atoms with E-state index in [-0.39, 0.29) is 24.4 Å². The van der Waals surface area contributed by atoms with Crippen molar-refractivity contribution in [2.45, 2.75) is 51.2 Å². The number of aliphatic hydroxyl groups is 1. The molecule has 0 bridgehead atoms. The Morgan fingerprint density at radius 2 is 2.16 bits per heavy atom. The van der Waals surface area contributed by atoms with Crippen LogP contribution in [0.4, 0.5) is 0 Å². The molecule has 104 valence electrons. The summed E-state index contributed by atoms with van der Waals surface area (Å²) in [6.45, 7) is -0.167. The molecule has 2 N–H and O–H groups in total. The third kappa shape index (κ3) is 3.96. The lowest BCUT2D eigenvalue weighted by atomic mass is 9.96. The molecule has 0 aliphatic heterocycles. The van der Waals surface area contributed by atoms with E-state index < -0.39 is 0 Å². The van der Waals surface area contributed by atoms with Crippen LogP contribution in [0.1, 0.15) is 43.2 Å². The Morgan fingerprint density at radius 3 is 2.74 bits per heavy atom. The molecule has 0 radical (unpaired) electrons. The van der Waals surface area contributed by atoms with Gasteiger partial charge in [-0.15, -0.1) is 0 Å². The molecule has 0 unspecified atom stereocenters. The Hall–Kier alpha value is -1.55. The zero-order valence-electron chi connectivity index (χ0n) is 11.0. The molecule has 2 rings (SSSR count). The van der Waals surface area contributed by atoms with Crippen LogP contribution in [0.5, 0.6) is 5.75 Å². The summed E-state index contributed by atoms with van der Waals surface area (Å²) in [4.78, 5) is 11.5. The molecule has 1 aliphatic rings. The second kappa shape index (κ2) is 6.57. The zero-order chi connectivity index (χ0) is 13.7. The summed E-state index contributed by atoms with van der Waals surface area (Å²) >= 11 is 0. The van der Waals surface area contributed by atoms with Gasteiger partial charge in [-0.25, -0.2) is 0 Å². The van der Waals surface area contributed by atoms with Crippen LogP contribution in [0.3, 0.4) is 0 Å². The summed E-state index contributed by atoms with van der Waals surface area (Å²) in [5.41, 5.74) is 1.49. The van der Waals surface area contributed by atoms with Crippen molar-refractivity contribution in [3.8, 4) is 5.75 Å². The maximum atomic E-state index is 11.5. The number of carbonyl (C=O) groups excluding carboxylic acids is 1. The third-order valence-electron chi connectivity index (χ3n) is 3.52. The highest BCUT2D eigenvalue weighted by Crippen LogP contribution is 2.23. The summed E-state index contributed by atoms with van der Waals surface area (Å²) < 4.78 is 5.26. The summed E-state index contributed by atoms with van der Waals surface area (Å²) in [5.74, 6) is -0.0158. The van der Waals surface area contributed by atoms with E-state index in [2.05, 4.69) is 0 Å². The van der Waals surface area contributed by atoms with E-state index in [4.69, 9.17) is 9.84 Å². The molecular weight excluding hydrogens is 244 g/mol. The van der Waals surface area contributed by atoms with Gasteiger partial charge in [-0.1, -0.05) is 12.1 Å². The fourth-order valence-corrected chi connectivity index (χ4v) is 2.07. The number of esters is 1. The van der Waals surface area contributed by atoms with Gasteiger partial charge in [-0.3, -0.25) is 4.79 Å². The zero-order valence-corrected chi connectivity index (χ0v) is 11.0. The van der Waals surface area contributed by atoms with E-state index >= 15 is 0 Å². The molecule has 19 heavy (non-hydrogen) atoms. The van der Waals surface area contributed by atoms with Crippen molar-refractivity contribution in [3.05, 3.63) is 29.3 Å². The summed E-state index contributed by atoms with van der Waals surface area (Å²) in [6.07, 6.45) is 5.17. The van der Waals surface area contributed by atoms with Gasteiger partial charge in [0.1, 0.15) is 11.9 Å². The quantitative estimate of drug-likeness (QED) is 0.774. The molecule has 4 nitrogen and oxygen atoms in total. The molecule has 1 saturated carbocycles. The van der Waals surface area contributed by atoms with Gasteiger partial charge in [0, 0.05) is 12.0 Å². The van der Waals surface area contributed by atoms with Crippen LogP contribution in [0.2, 0.25) is 0 Å². The Kier molecular flexibility index (Phi) is 4.80. The number of hydrogen-bond acceptors (Lipinski definition) is 4. The molecule has 0 amide bonds. The molecule has 0 saturated heterocycles. The minimum absolute atomic E-state index is 0.108. The van der Waals surface area contributed by atoms with Gasteiger partial charge >= 0.3 is 5.97 Å². The lowest BCUT2D eigenvalue weighted by molar-refractivity contribution is -0.153. The first-order valence-electron chi connectivity index (χ1n) is 6.80. The Morgan fingerprint density at radius 1 is 1.37 bits per heavy atom. The largest absolute Gasteiger partial charge is 0.508 e. The van der Waals surface area contributed by atoms with Crippen LogP contribution < -0.4 is 0 Å². The van der Waals surface area contributed by atoms with E-state index in [1.54, 1.807) is 12.1 Å².